The molecule has 361 valence electrons. The predicted octanol–water partition coefficient (Wildman–Crippen LogP) is 17.4. The van der Waals surface area contributed by atoms with Crippen LogP contribution in [0.25, 0.3) is 33.0 Å². The zero-order valence-electron chi connectivity index (χ0n) is 45.7. The minimum Gasteiger partial charge on any atom is -0.355 e. The lowest BCUT2D eigenvalue weighted by Gasteiger charge is -2.44. The molecule has 7 aromatic rings. The molecule has 0 atom stereocenters. The lowest BCUT2D eigenvalue weighted by molar-refractivity contribution is 0.332. The van der Waals surface area contributed by atoms with Gasteiger partial charge in [0.1, 0.15) is 0 Å². The van der Waals surface area contributed by atoms with E-state index in [0.717, 1.165) is 12.8 Å². The van der Waals surface area contributed by atoms with Gasteiger partial charge in [0.25, 0.3) is 0 Å². The molecule has 0 saturated heterocycles. The van der Waals surface area contributed by atoms with Gasteiger partial charge in [0.15, 0.2) is 7.28 Å². The van der Waals surface area contributed by atoms with E-state index in [0.29, 0.717) is 0 Å². The van der Waals surface area contributed by atoms with Crippen molar-refractivity contribution in [3.63, 3.8) is 0 Å². The summed E-state index contributed by atoms with van der Waals surface area (Å²) in [6.07, 6.45) is 7.08. The van der Waals surface area contributed by atoms with Crippen LogP contribution in [-0.4, -0.2) is 7.28 Å². The molecular weight excluding hydrogens is 856 g/mol. The van der Waals surface area contributed by atoms with E-state index in [2.05, 4.69) is 231 Å². The van der Waals surface area contributed by atoms with E-state index in [-0.39, 0.29) is 37.9 Å². The first-order valence-corrected chi connectivity index (χ1v) is 27.1. The van der Waals surface area contributed by atoms with Crippen LogP contribution in [0.1, 0.15) is 186 Å². The van der Waals surface area contributed by atoms with E-state index in [4.69, 9.17) is 0 Å². The van der Waals surface area contributed by atoms with Crippen molar-refractivity contribution < 1.29 is 0 Å². The lowest BCUT2D eigenvalue weighted by Crippen LogP contribution is -2.42. The Morgan fingerprint density at radius 3 is 1.62 bits per heavy atom. The Morgan fingerprint density at radius 2 is 0.958 bits per heavy atom. The second-order valence-corrected chi connectivity index (χ2v) is 27.3. The molecule has 0 bridgehead atoms. The number of anilines is 5. The minimum absolute atomic E-state index is 0.0282. The first kappa shape index (κ1) is 46.5. The summed E-state index contributed by atoms with van der Waals surface area (Å²) in [6.45, 7) is 36.7. The monoisotopic (exact) mass is 932 g/mol. The van der Waals surface area contributed by atoms with Crippen LogP contribution < -0.4 is 21.1 Å². The molecule has 0 unspecified atom stereocenters. The fourth-order valence-electron chi connectivity index (χ4n) is 14.3. The third-order valence-electron chi connectivity index (χ3n) is 19.4. The first-order valence-electron chi connectivity index (χ1n) is 27.1. The number of hydrogen-bond acceptors (Lipinski definition) is 2. The number of nitrogens with one attached hydrogen (secondary N) is 1. The van der Waals surface area contributed by atoms with E-state index >= 15 is 0 Å². The topological polar surface area (TPSA) is 15.3 Å². The van der Waals surface area contributed by atoms with Crippen molar-refractivity contribution in [1.29, 1.82) is 0 Å². The first-order chi connectivity index (χ1) is 33.3. The fraction of sp³-hybridized carbons (Fsp3) is 0.412. The highest BCUT2D eigenvalue weighted by molar-refractivity contribution is 6.74. The molecule has 1 heterocycles. The van der Waals surface area contributed by atoms with Gasteiger partial charge in [-0.05, 0) is 198 Å². The maximum atomic E-state index is 4.20. The lowest BCUT2D eigenvalue weighted by atomic mass is 9.56. The summed E-state index contributed by atoms with van der Waals surface area (Å²) in [5, 5.41) is 6.74. The molecule has 1 aliphatic heterocycles. The second-order valence-electron chi connectivity index (χ2n) is 27.3. The minimum atomic E-state index is -0.139. The van der Waals surface area contributed by atoms with Crippen LogP contribution in [-0.2, 0) is 37.9 Å². The smallest absolute Gasteiger partial charge is 0.197 e. The predicted molar refractivity (Wildman–Crippen MR) is 307 cm³/mol. The van der Waals surface area contributed by atoms with Crippen molar-refractivity contribution in [3.05, 3.63) is 159 Å². The van der Waals surface area contributed by atoms with Gasteiger partial charge in [-0.3, -0.25) is 0 Å². The van der Waals surface area contributed by atoms with Gasteiger partial charge in [-0.2, -0.15) is 0 Å². The molecule has 0 fully saturated rings. The fourth-order valence-corrected chi connectivity index (χ4v) is 14.3. The van der Waals surface area contributed by atoms with Crippen molar-refractivity contribution in [2.24, 2.45) is 0 Å². The van der Waals surface area contributed by atoms with Gasteiger partial charge >= 0.3 is 0 Å². The third kappa shape index (κ3) is 6.93. The molecule has 71 heavy (non-hydrogen) atoms. The highest BCUT2D eigenvalue weighted by Gasteiger charge is 2.44. The van der Waals surface area contributed by atoms with E-state index in [1.54, 1.807) is 0 Å². The van der Waals surface area contributed by atoms with Gasteiger partial charge in [0.05, 0.1) is 0 Å². The normalized spacial score (nSPS) is 20.6. The highest BCUT2D eigenvalue weighted by atomic mass is 15.2. The van der Waals surface area contributed by atoms with Gasteiger partial charge in [-0.15, -0.1) is 0 Å². The Bertz CT molecular complexity index is 3420. The summed E-state index contributed by atoms with van der Waals surface area (Å²) in [4.78, 5) is 2.72. The van der Waals surface area contributed by atoms with E-state index in [1.807, 2.05) is 0 Å². The van der Waals surface area contributed by atoms with Crippen molar-refractivity contribution in [2.45, 2.75) is 180 Å². The Labute approximate surface area is 427 Å². The molecule has 0 saturated carbocycles. The van der Waals surface area contributed by atoms with Crippen LogP contribution in [0.15, 0.2) is 109 Å². The molecule has 2 nitrogen and oxygen atoms in total. The molecule has 0 amide bonds. The van der Waals surface area contributed by atoms with Gasteiger partial charge in [0, 0.05) is 44.8 Å². The number of nitrogens with zero attached hydrogens (tertiary/aromatic N) is 1. The molecule has 1 radical (unpaired) electrons. The van der Waals surface area contributed by atoms with Gasteiger partial charge < -0.3 is 10.2 Å². The second kappa shape index (κ2) is 15.0. The summed E-state index contributed by atoms with van der Waals surface area (Å²) in [6, 6.07) is 43.7. The number of aryl methyl sites for hydroxylation is 1. The molecule has 7 aromatic carbocycles. The van der Waals surface area contributed by atoms with Crippen molar-refractivity contribution >= 4 is 57.4 Å². The maximum absolute atomic E-state index is 4.20. The maximum Gasteiger partial charge on any atom is 0.197 e. The summed E-state index contributed by atoms with van der Waals surface area (Å²) in [7, 11) is 2.57. The SMILES string of the molecule is Cc1cc2c(cc1N1c3cc4c(cc3[B]c3c(-c5cc6c(cc5Nc5ccc7c(c5)C(C)(C)CCC7(C)C)C(C)(C)CCC6(C)C)cc5ccccc5c31)-c1ccccc1C4(C)C)C(C)(C)CCC2(C)C. The average Bonchev–Trinajstić information content (AvgIpc) is 3.54. The molecule has 4 aliphatic carbocycles. The van der Waals surface area contributed by atoms with Gasteiger partial charge in [-0.25, -0.2) is 0 Å². The third-order valence-corrected chi connectivity index (χ3v) is 19.4. The highest BCUT2D eigenvalue weighted by Crippen LogP contribution is 2.56. The summed E-state index contributed by atoms with van der Waals surface area (Å²) in [5.41, 5.74) is 27.4. The largest absolute Gasteiger partial charge is 0.355 e. The summed E-state index contributed by atoms with van der Waals surface area (Å²) >= 11 is 0. The molecular formula is C68H76BN2. The molecule has 0 spiro atoms. The van der Waals surface area contributed by atoms with Crippen molar-refractivity contribution in [2.75, 3.05) is 10.2 Å². The van der Waals surface area contributed by atoms with Crippen molar-refractivity contribution in [3.8, 4) is 22.3 Å². The molecule has 5 aliphatic rings. The number of rotatable bonds is 4. The Hall–Kier alpha value is -5.54. The van der Waals surface area contributed by atoms with E-state index in [9.17, 15) is 0 Å². The van der Waals surface area contributed by atoms with Crippen molar-refractivity contribution in [1.82, 2.24) is 0 Å². The van der Waals surface area contributed by atoms with Crippen LogP contribution in [0.3, 0.4) is 0 Å². The Kier molecular flexibility index (Phi) is 9.85. The van der Waals surface area contributed by atoms with Crippen LogP contribution in [0.4, 0.5) is 28.4 Å². The average molecular weight is 932 g/mol. The summed E-state index contributed by atoms with van der Waals surface area (Å²) < 4.78 is 0. The standard InChI is InChI=1S/C68H76BN2/c1-40-32-51-55(67(12,13)31-28-63(51,4)5)39-58(40)71-59-38-50-45(44-22-18-19-23-48(44)68(50,14)15)36-56(59)69-60-47(33-41-20-16-17-21-43(41)61(60)71)46-35-53-54(66(10,11)30-29-65(53,8)9)37-57(46)70-42-24-25-49-52(34-42)64(6,7)27-26-62(49,2)3/h16-25,32-39,70H,26-31H2,1-15H3. The molecule has 12 rings (SSSR count). The van der Waals surface area contributed by atoms with Crippen LogP contribution in [0.5, 0.6) is 0 Å². The Balaban J connectivity index is 1.16. The zero-order chi connectivity index (χ0) is 50.2. The van der Waals surface area contributed by atoms with E-state index < -0.39 is 0 Å². The van der Waals surface area contributed by atoms with Crippen LogP contribution in [0, 0.1) is 6.92 Å². The molecule has 3 heteroatoms. The summed E-state index contributed by atoms with van der Waals surface area (Å²) in [5.74, 6) is 0. The van der Waals surface area contributed by atoms with Gasteiger partial charge in [-0.1, -0.05) is 169 Å². The number of fused-ring (bicyclic) bond motifs is 10. The van der Waals surface area contributed by atoms with Gasteiger partial charge in [0.2, 0.25) is 0 Å². The Morgan fingerprint density at radius 1 is 0.423 bits per heavy atom. The number of hydrogen-bond donors (Lipinski definition) is 1. The zero-order valence-corrected chi connectivity index (χ0v) is 45.7. The quantitative estimate of drug-likeness (QED) is 0.177. The molecule has 1 N–H and O–H groups in total. The van der Waals surface area contributed by atoms with E-state index in [1.165, 1.54) is 148 Å². The molecule has 0 aromatic heterocycles. The van der Waals surface area contributed by atoms with Crippen LogP contribution >= 0.6 is 0 Å². The number of benzene rings is 7. The van der Waals surface area contributed by atoms with Crippen LogP contribution in [0.2, 0.25) is 0 Å².